The zero-order chi connectivity index (χ0) is 15.9. The summed E-state index contributed by atoms with van der Waals surface area (Å²) in [6.07, 6.45) is 0.947. The summed E-state index contributed by atoms with van der Waals surface area (Å²) in [5.74, 6) is 1.57. The number of hydrogen-bond donors (Lipinski definition) is 1. The number of aromatic nitrogens is 3. The number of nitrogens with zero attached hydrogens (tertiary/aromatic N) is 2. The van der Waals surface area contributed by atoms with E-state index in [1.165, 1.54) is 22.3 Å². The lowest BCUT2D eigenvalue weighted by Crippen LogP contribution is -1.89. The Morgan fingerprint density at radius 1 is 0.708 bits per heavy atom. The number of H-pyrrole nitrogens is 1. The van der Waals surface area contributed by atoms with Crippen molar-refractivity contribution in [3.63, 3.8) is 0 Å². The standard InChI is InChI=1S/C21H15N3/c1-2-7-14(8-3-1)20-22-21(24-23-20)18-12-6-11-17-16-10-5-4-9-15(16)13-19(17)18/h1-12H,13H2,(H,22,23,24). The van der Waals surface area contributed by atoms with Crippen LogP contribution in [0.15, 0.2) is 72.8 Å². The van der Waals surface area contributed by atoms with Crippen molar-refractivity contribution < 1.29 is 0 Å². The van der Waals surface area contributed by atoms with Crippen molar-refractivity contribution in [2.75, 3.05) is 0 Å². The van der Waals surface area contributed by atoms with Crippen molar-refractivity contribution in [1.82, 2.24) is 15.2 Å². The highest BCUT2D eigenvalue weighted by Gasteiger charge is 2.22. The number of aromatic amines is 1. The third-order valence-electron chi connectivity index (χ3n) is 4.62. The summed E-state index contributed by atoms with van der Waals surface area (Å²) in [4.78, 5) is 4.72. The van der Waals surface area contributed by atoms with Crippen molar-refractivity contribution in [2.24, 2.45) is 0 Å². The average Bonchev–Trinajstić information content (AvgIpc) is 3.27. The Bertz CT molecular complexity index is 1030. The topological polar surface area (TPSA) is 41.6 Å². The van der Waals surface area contributed by atoms with E-state index in [1.54, 1.807) is 0 Å². The molecule has 3 nitrogen and oxygen atoms in total. The zero-order valence-corrected chi connectivity index (χ0v) is 13.0. The van der Waals surface area contributed by atoms with E-state index in [9.17, 15) is 0 Å². The summed E-state index contributed by atoms with van der Waals surface area (Å²) in [5.41, 5.74) is 7.50. The van der Waals surface area contributed by atoms with E-state index in [2.05, 4.69) is 52.7 Å². The first-order valence-electron chi connectivity index (χ1n) is 8.08. The van der Waals surface area contributed by atoms with Crippen LogP contribution < -0.4 is 0 Å². The lowest BCUT2D eigenvalue weighted by molar-refractivity contribution is 1.09. The molecule has 0 saturated carbocycles. The van der Waals surface area contributed by atoms with Gasteiger partial charge < -0.3 is 0 Å². The monoisotopic (exact) mass is 309 g/mol. The van der Waals surface area contributed by atoms with Gasteiger partial charge in [0.25, 0.3) is 0 Å². The van der Waals surface area contributed by atoms with E-state index in [-0.39, 0.29) is 0 Å². The maximum absolute atomic E-state index is 4.72. The first-order chi connectivity index (χ1) is 11.9. The molecule has 0 radical (unpaired) electrons. The third kappa shape index (κ3) is 1.98. The van der Waals surface area contributed by atoms with Gasteiger partial charge in [0.1, 0.15) is 0 Å². The predicted molar refractivity (Wildman–Crippen MR) is 95.5 cm³/mol. The SMILES string of the molecule is c1ccc(-c2n[nH]c(-c3cccc4c3Cc3ccccc3-4)n2)cc1. The predicted octanol–water partition coefficient (Wildman–Crippen LogP) is 4.71. The van der Waals surface area contributed by atoms with Crippen LogP contribution in [0.1, 0.15) is 11.1 Å². The van der Waals surface area contributed by atoms with E-state index in [0.717, 1.165) is 29.2 Å². The van der Waals surface area contributed by atoms with E-state index >= 15 is 0 Å². The Morgan fingerprint density at radius 2 is 1.46 bits per heavy atom. The molecule has 1 aliphatic rings. The highest BCUT2D eigenvalue weighted by molar-refractivity contribution is 5.83. The van der Waals surface area contributed by atoms with Gasteiger partial charge in [-0.2, -0.15) is 5.10 Å². The maximum atomic E-state index is 4.72. The molecular formula is C21H15N3. The smallest absolute Gasteiger partial charge is 0.181 e. The molecule has 0 bridgehead atoms. The van der Waals surface area contributed by atoms with E-state index in [1.807, 2.05) is 30.3 Å². The van der Waals surface area contributed by atoms with Crippen LogP contribution in [-0.4, -0.2) is 15.2 Å². The molecule has 114 valence electrons. The Balaban J connectivity index is 1.62. The fourth-order valence-corrected chi connectivity index (χ4v) is 3.48. The van der Waals surface area contributed by atoms with Gasteiger partial charge in [0.2, 0.25) is 0 Å². The minimum Gasteiger partial charge on any atom is -0.259 e. The maximum Gasteiger partial charge on any atom is 0.181 e. The van der Waals surface area contributed by atoms with Gasteiger partial charge in [-0.25, -0.2) is 4.98 Å². The molecule has 4 aromatic rings. The highest BCUT2D eigenvalue weighted by Crippen LogP contribution is 2.40. The van der Waals surface area contributed by atoms with E-state index < -0.39 is 0 Å². The lowest BCUT2D eigenvalue weighted by atomic mass is 10.0. The summed E-state index contributed by atoms with van der Waals surface area (Å²) in [6, 6.07) is 25.1. The molecule has 0 amide bonds. The van der Waals surface area contributed by atoms with Crippen molar-refractivity contribution in [3.8, 4) is 33.9 Å². The van der Waals surface area contributed by atoms with Crippen LogP contribution in [0.5, 0.6) is 0 Å². The molecule has 3 heteroatoms. The summed E-state index contributed by atoms with van der Waals surface area (Å²) in [5, 5.41) is 7.52. The van der Waals surface area contributed by atoms with Gasteiger partial charge >= 0.3 is 0 Å². The molecule has 1 aromatic heterocycles. The van der Waals surface area contributed by atoms with Crippen molar-refractivity contribution in [3.05, 3.63) is 83.9 Å². The fourth-order valence-electron chi connectivity index (χ4n) is 3.48. The average molecular weight is 309 g/mol. The van der Waals surface area contributed by atoms with Gasteiger partial charge in [-0.15, -0.1) is 0 Å². The summed E-state index contributed by atoms with van der Waals surface area (Å²) in [6.45, 7) is 0. The second-order valence-corrected chi connectivity index (χ2v) is 6.04. The minimum absolute atomic E-state index is 0.735. The van der Waals surface area contributed by atoms with Crippen molar-refractivity contribution in [2.45, 2.75) is 6.42 Å². The zero-order valence-electron chi connectivity index (χ0n) is 13.0. The van der Waals surface area contributed by atoms with Gasteiger partial charge in [0.15, 0.2) is 11.6 Å². The summed E-state index contributed by atoms with van der Waals surface area (Å²) >= 11 is 0. The normalized spacial score (nSPS) is 12.0. The molecular weight excluding hydrogens is 294 g/mol. The summed E-state index contributed by atoms with van der Waals surface area (Å²) in [7, 11) is 0. The molecule has 1 heterocycles. The molecule has 0 aliphatic heterocycles. The quantitative estimate of drug-likeness (QED) is 0.513. The van der Waals surface area contributed by atoms with Gasteiger partial charge in [-0.05, 0) is 28.7 Å². The molecule has 0 atom stereocenters. The third-order valence-corrected chi connectivity index (χ3v) is 4.62. The second kappa shape index (κ2) is 5.17. The second-order valence-electron chi connectivity index (χ2n) is 6.04. The Kier molecular flexibility index (Phi) is 2.85. The Labute approximate surface area is 140 Å². The van der Waals surface area contributed by atoms with Crippen LogP contribution in [-0.2, 0) is 6.42 Å². The first kappa shape index (κ1) is 13.3. The van der Waals surface area contributed by atoms with Gasteiger partial charge in [-0.1, -0.05) is 72.8 Å². The molecule has 3 aromatic carbocycles. The molecule has 1 aliphatic carbocycles. The molecule has 5 rings (SSSR count). The highest BCUT2D eigenvalue weighted by atomic mass is 15.2. The fraction of sp³-hybridized carbons (Fsp3) is 0.0476. The molecule has 24 heavy (non-hydrogen) atoms. The number of fused-ring (bicyclic) bond motifs is 3. The van der Waals surface area contributed by atoms with Gasteiger partial charge in [0, 0.05) is 11.1 Å². The molecule has 0 unspecified atom stereocenters. The van der Waals surface area contributed by atoms with Crippen molar-refractivity contribution in [1.29, 1.82) is 0 Å². The first-order valence-corrected chi connectivity index (χ1v) is 8.08. The molecule has 0 spiro atoms. The molecule has 0 fully saturated rings. The number of benzene rings is 3. The Morgan fingerprint density at radius 3 is 2.38 bits per heavy atom. The van der Waals surface area contributed by atoms with Crippen LogP contribution in [0.2, 0.25) is 0 Å². The number of hydrogen-bond acceptors (Lipinski definition) is 2. The van der Waals surface area contributed by atoms with Crippen LogP contribution in [0.4, 0.5) is 0 Å². The van der Waals surface area contributed by atoms with Crippen LogP contribution in [0.3, 0.4) is 0 Å². The van der Waals surface area contributed by atoms with Gasteiger partial charge in [-0.3, -0.25) is 5.10 Å². The Hall–Kier alpha value is -3.20. The number of rotatable bonds is 2. The lowest BCUT2D eigenvalue weighted by Gasteiger charge is -2.05. The molecule has 0 saturated heterocycles. The van der Waals surface area contributed by atoms with Crippen LogP contribution in [0, 0.1) is 0 Å². The molecule has 1 N–H and O–H groups in total. The van der Waals surface area contributed by atoms with Crippen LogP contribution in [0.25, 0.3) is 33.9 Å². The van der Waals surface area contributed by atoms with Crippen molar-refractivity contribution >= 4 is 0 Å². The minimum atomic E-state index is 0.735. The largest absolute Gasteiger partial charge is 0.259 e. The number of nitrogens with one attached hydrogen (secondary N) is 1. The summed E-state index contributed by atoms with van der Waals surface area (Å²) < 4.78 is 0. The van der Waals surface area contributed by atoms with Gasteiger partial charge in [0.05, 0.1) is 0 Å². The van der Waals surface area contributed by atoms with E-state index in [0.29, 0.717) is 0 Å². The van der Waals surface area contributed by atoms with Crippen LogP contribution >= 0.6 is 0 Å². The van der Waals surface area contributed by atoms with E-state index in [4.69, 9.17) is 4.98 Å².